The summed E-state index contributed by atoms with van der Waals surface area (Å²) < 4.78 is 10.3. The lowest BCUT2D eigenvalue weighted by Gasteiger charge is -2.15. The molecule has 16 heavy (non-hydrogen) atoms. The van der Waals surface area contributed by atoms with Gasteiger partial charge in [0.25, 0.3) is 0 Å². The number of aliphatic hydroxyl groups is 2. The summed E-state index contributed by atoms with van der Waals surface area (Å²) in [5.74, 6) is 1.29. The molecular formula is C12H18O4. The van der Waals surface area contributed by atoms with Crippen LogP contribution in [0.25, 0.3) is 0 Å². The monoisotopic (exact) mass is 226 g/mol. The fourth-order valence-electron chi connectivity index (χ4n) is 1.53. The number of ether oxygens (including phenoxy) is 2. The van der Waals surface area contributed by atoms with Gasteiger partial charge in [-0.3, -0.25) is 0 Å². The molecule has 1 atom stereocenters. The van der Waals surface area contributed by atoms with Crippen LogP contribution >= 0.6 is 0 Å². The second kappa shape index (κ2) is 6.35. The number of hydrogen-bond donors (Lipinski definition) is 2. The second-order valence-corrected chi connectivity index (χ2v) is 3.49. The summed E-state index contributed by atoms with van der Waals surface area (Å²) in [5, 5.41) is 18.6. The predicted octanol–water partition coefficient (Wildman–Crippen LogP) is 1.51. The van der Waals surface area contributed by atoms with E-state index in [0.717, 1.165) is 5.56 Å². The summed E-state index contributed by atoms with van der Waals surface area (Å²) in [6.07, 6.45) is 0.461. The molecule has 0 aliphatic rings. The zero-order chi connectivity index (χ0) is 12.0. The highest BCUT2D eigenvalue weighted by Gasteiger charge is 2.13. The first-order valence-electron chi connectivity index (χ1n) is 5.23. The Morgan fingerprint density at radius 2 is 2.00 bits per heavy atom. The Bertz CT molecular complexity index is 325. The second-order valence-electron chi connectivity index (χ2n) is 3.49. The average molecular weight is 226 g/mol. The van der Waals surface area contributed by atoms with Gasteiger partial charge in [0.1, 0.15) is 11.5 Å². The van der Waals surface area contributed by atoms with Gasteiger partial charge >= 0.3 is 0 Å². The van der Waals surface area contributed by atoms with Crippen molar-refractivity contribution in [3.8, 4) is 11.5 Å². The standard InChI is InChI=1S/C12H18O4/c1-15-9-5-6-10(12(8-9)16-2)11(14)4-3-7-13/h5-6,8,11,13-14H,3-4,7H2,1-2H3. The molecule has 90 valence electrons. The topological polar surface area (TPSA) is 58.9 Å². The molecule has 0 aromatic heterocycles. The van der Waals surface area contributed by atoms with Gasteiger partial charge in [-0.2, -0.15) is 0 Å². The highest BCUT2D eigenvalue weighted by molar-refractivity contribution is 5.41. The Morgan fingerprint density at radius 1 is 1.25 bits per heavy atom. The third-order valence-corrected chi connectivity index (χ3v) is 2.44. The van der Waals surface area contributed by atoms with Gasteiger partial charge in [-0.15, -0.1) is 0 Å². The Kier molecular flexibility index (Phi) is 5.08. The van der Waals surface area contributed by atoms with Crippen LogP contribution in [0.1, 0.15) is 24.5 Å². The van der Waals surface area contributed by atoms with E-state index in [4.69, 9.17) is 14.6 Å². The molecule has 0 heterocycles. The van der Waals surface area contributed by atoms with Gasteiger partial charge in [-0.1, -0.05) is 0 Å². The van der Waals surface area contributed by atoms with E-state index in [-0.39, 0.29) is 6.61 Å². The Labute approximate surface area is 95.4 Å². The van der Waals surface area contributed by atoms with Gasteiger partial charge in [0.2, 0.25) is 0 Å². The molecule has 4 nitrogen and oxygen atoms in total. The molecule has 0 bridgehead atoms. The summed E-state index contributed by atoms with van der Waals surface area (Å²) in [5.41, 5.74) is 0.719. The molecule has 1 unspecified atom stereocenters. The van der Waals surface area contributed by atoms with Crippen LogP contribution in [0.3, 0.4) is 0 Å². The van der Waals surface area contributed by atoms with Gasteiger partial charge in [0.15, 0.2) is 0 Å². The number of hydrogen-bond acceptors (Lipinski definition) is 4. The van der Waals surface area contributed by atoms with Crippen LogP contribution in [0.5, 0.6) is 11.5 Å². The van der Waals surface area contributed by atoms with Crippen molar-refractivity contribution < 1.29 is 19.7 Å². The predicted molar refractivity (Wildman–Crippen MR) is 60.8 cm³/mol. The summed E-state index contributed by atoms with van der Waals surface area (Å²) in [7, 11) is 3.13. The zero-order valence-corrected chi connectivity index (χ0v) is 9.64. The molecule has 1 aromatic rings. The Balaban J connectivity index is 2.85. The van der Waals surface area contributed by atoms with Crippen LogP contribution < -0.4 is 9.47 Å². The quantitative estimate of drug-likeness (QED) is 0.772. The van der Waals surface area contributed by atoms with Crippen LogP contribution in [0.15, 0.2) is 18.2 Å². The van der Waals surface area contributed by atoms with Crippen molar-refractivity contribution >= 4 is 0 Å². The number of methoxy groups -OCH3 is 2. The van der Waals surface area contributed by atoms with Gasteiger partial charge in [0, 0.05) is 18.2 Å². The molecule has 0 saturated carbocycles. The fourth-order valence-corrected chi connectivity index (χ4v) is 1.53. The third kappa shape index (κ3) is 3.12. The van der Waals surface area contributed by atoms with Crippen LogP contribution in [-0.4, -0.2) is 31.0 Å². The first-order valence-corrected chi connectivity index (χ1v) is 5.23. The minimum absolute atomic E-state index is 0.0789. The summed E-state index contributed by atoms with van der Waals surface area (Å²) in [6.45, 7) is 0.0789. The van der Waals surface area contributed by atoms with Crippen molar-refractivity contribution in [3.05, 3.63) is 23.8 Å². The van der Waals surface area contributed by atoms with Gasteiger partial charge in [0.05, 0.1) is 20.3 Å². The van der Waals surface area contributed by atoms with E-state index in [1.54, 1.807) is 32.4 Å². The van der Waals surface area contributed by atoms with E-state index in [1.807, 2.05) is 0 Å². The van der Waals surface area contributed by atoms with E-state index >= 15 is 0 Å². The van der Waals surface area contributed by atoms with Crippen molar-refractivity contribution in [2.45, 2.75) is 18.9 Å². The number of benzene rings is 1. The molecular weight excluding hydrogens is 208 g/mol. The van der Waals surface area contributed by atoms with E-state index < -0.39 is 6.10 Å². The maximum atomic E-state index is 9.90. The van der Waals surface area contributed by atoms with Crippen LogP contribution in [-0.2, 0) is 0 Å². The summed E-state index contributed by atoms with van der Waals surface area (Å²) in [4.78, 5) is 0. The number of aliphatic hydroxyl groups excluding tert-OH is 2. The van der Waals surface area contributed by atoms with Gasteiger partial charge < -0.3 is 19.7 Å². The van der Waals surface area contributed by atoms with Crippen molar-refractivity contribution in [3.63, 3.8) is 0 Å². The molecule has 1 aromatic carbocycles. The van der Waals surface area contributed by atoms with Crippen LogP contribution in [0, 0.1) is 0 Å². The van der Waals surface area contributed by atoms with E-state index in [0.29, 0.717) is 24.3 Å². The van der Waals surface area contributed by atoms with Crippen molar-refractivity contribution in [1.29, 1.82) is 0 Å². The first kappa shape index (κ1) is 12.8. The third-order valence-electron chi connectivity index (χ3n) is 2.44. The Hall–Kier alpha value is -1.26. The highest BCUT2D eigenvalue weighted by atomic mass is 16.5. The molecule has 0 aliphatic heterocycles. The lowest BCUT2D eigenvalue weighted by molar-refractivity contribution is 0.148. The molecule has 0 saturated heterocycles. The van der Waals surface area contributed by atoms with E-state index in [9.17, 15) is 5.11 Å². The lowest BCUT2D eigenvalue weighted by atomic mass is 10.0. The van der Waals surface area contributed by atoms with E-state index in [1.165, 1.54) is 0 Å². The van der Waals surface area contributed by atoms with Gasteiger partial charge in [-0.05, 0) is 25.0 Å². The number of rotatable bonds is 6. The fraction of sp³-hybridized carbons (Fsp3) is 0.500. The maximum Gasteiger partial charge on any atom is 0.128 e. The molecule has 0 radical (unpaired) electrons. The lowest BCUT2D eigenvalue weighted by Crippen LogP contribution is -2.02. The molecule has 0 aliphatic carbocycles. The summed E-state index contributed by atoms with van der Waals surface area (Å²) >= 11 is 0. The van der Waals surface area contributed by atoms with Crippen molar-refractivity contribution in [2.24, 2.45) is 0 Å². The van der Waals surface area contributed by atoms with Crippen LogP contribution in [0.2, 0.25) is 0 Å². The SMILES string of the molecule is COc1ccc(C(O)CCCO)c(OC)c1. The average Bonchev–Trinajstić information content (AvgIpc) is 2.34. The van der Waals surface area contributed by atoms with Crippen LogP contribution in [0.4, 0.5) is 0 Å². The molecule has 0 fully saturated rings. The van der Waals surface area contributed by atoms with Crippen molar-refractivity contribution in [2.75, 3.05) is 20.8 Å². The molecule has 4 heteroatoms. The highest BCUT2D eigenvalue weighted by Crippen LogP contribution is 2.31. The van der Waals surface area contributed by atoms with E-state index in [2.05, 4.69) is 0 Å². The minimum Gasteiger partial charge on any atom is -0.497 e. The first-order chi connectivity index (χ1) is 7.72. The maximum absolute atomic E-state index is 9.90. The molecule has 0 amide bonds. The zero-order valence-electron chi connectivity index (χ0n) is 9.64. The molecule has 0 spiro atoms. The Morgan fingerprint density at radius 3 is 2.56 bits per heavy atom. The minimum atomic E-state index is -0.618. The largest absolute Gasteiger partial charge is 0.497 e. The summed E-state index contributed by atoms with van der Waals surface area (Å²) in [6, 6.07) is 5.29. The van der Waals surface area contributed by atoms with Crippen molar-refractivity contribution in [1.82, 2.24) is 0 Å². The van der Waals surface area contributed by atoms with Gasteiger partial charge in [-0.25, -0.2) is 0 Å². The molecule has 2 N–H and O–H groups in total. The smallest absolute Gasteiger partial charge is 0.128 e. The molecule has 1 rings (SSSR count). The normalized spacial score (nSPS) is 12.2.